The van der Waals surface area contributed by atoms with Crippen molar-refractivity contribution in [1.29, 1.82) is 0 Å². The van der Waals surface area contributed by atoms with Crippen LogP contribution in [0.4, 0.5) is 13.2 Å². The van der Waals surface area contributed by atoms with Gasteiger partial charge in [0, 0.05) is 6.20 Å². The molecule has 1 fully saturated rings. The zero-order chi connectivity index (χ0) is 17.9. The summed E-state index contributed by atoms with van der Waals surface area (Å²) < 4.78 is 47.6. The van der Waals surface area contributed by atoms with E-state index in [0.717, 1.165) is 25.0 Å². The molecule has 0 amide bonds. The molecule has 3 rings (SSSR count). The summed E-state index contributed by atoms with van der Waals surface area (Å²) in [6.45, 7) is -0.260. The second-order valence-corrected chi connectivity index (χ2v) is 6.12. The van der Waals surface area contributed by atoms with Crippen LogP contribution in [0.3, 0.4) is 0 Å². The highest BCUT2D eigenvalue weighted by Crippen LogP contribution is 2.44. The highest BCUT2D eigenvalue weighted by Gasteiger charge is 2.57. The Morgan fingerprint density at radius 3 is 2.44 bits per heavy atom. The molecule has 3 nitrogen and oxygen atoms in total. The number of H-pyrrole nitrogens is 1. The van der Waals surface area contributed by atoms with Crippen LogP contribution in [0.15, 0.2) is 65.6 Å². The molecule has 2 aromatic rings. The number of hydrogen-bond acceptors (Lipinski definition) is 2. The Balaban J connectivity index is 2.04. The summed E-state index contributed by atoms with van der Waals surface area (Å²) in [5, 5.41) is 0. The highest BCUT2D eigenvalue weighted by molar-refractivity contribution is 5.29. The van der Waals surface area contributed by atoms with Crippen molar-refractivity contribution in [3.8, 4) is 0 Å². The molecule has 6 heteroatoms. The Morgan fingerprint density at radius 2 is 1.84 bits per heavy atom. The normalized spacial score (nSPS) is 17.6. The average Bonchev–Trinajstić information content (AvgIpc) is 3.40. The largest absolute Gasteiger partial charge is 0.425 e. The molecule has 0 spiro atoms. The van der Waals surface area contributed by atoms with Crippen molar-refractivity contribution in [1.82, 2.24) is 4.98 Å². The van der Waals surface area contributed by atoms with Gasteiger partial charge in [-0.05, 0) is 42.5 Å². The van der Waals surface area contributed by atoms with Gasteiger partial charge in [0.05, 0.1) is 12.2 Å². The number of rotatable bonds is 6. The molecule has 0 aliphatic heterocycles. The van der Waals surface area contributed by atoms with Crippen molar-refractivity contribution >= 4 is 0 Å². The van der Waals surface area contributed by atoms with Crippen molar-refractivity contribution < 1.29 is 17.9 Å². The third-order valence-corrected chi connectivity index (χ3v) is 4.17. The number of alkyl halides is 3. The van der Waals surface area contributed by atoms with Gasteiger partial charge in [-0.1, -0.05) is 36.4 Å². The van der Waals surface area contributed by atoms with Crippen LogP contribution in [0.5, 0.6) is 0 Å². The molecular weight excluding hydrogens is 331 g/mol. The number of ether oxygens (including phenoxy) is 1. The number of halogens is 3. The van der Waals surface area contributed by atoms with Gasteiger partial charge in [0.2, 0.25) is 5.60 Å². The standard InChI is InChI=1S/C19H18F3NO2/c20-19(21,22)18(11-10-14-8-9-14,16-7-4-12-23-17(16)24)25-13-15-5-2-1-3-6-15/h1-7,10-12,14H,8-9,13H2,(H,23,24). The summed E-state index contributed by atoms with van der Waals surface area (Å²) in [6, 6.07) is 11.1. The Hall–Kier alpha value is -2.34. The van der Waals surface area contributed by atoms with E-state index < -0.39 is 22.9 Å². The molecule has 1 N–H and O–H groups in total. The Kier molecular flexibility index (Phi) is 4.81. The van der Waals surface area contributed by atoms with Gasteiger partial charge in [0.1, 0.15) is 0 Å². The van der Waals surface area contributed by atoms with Crippen molar-refractivity contribution in [3.63, 3.8) is 0 Å². The van der Waals surface area contributed by atoms with E-state index in [0.29, 0.717) is 5.56 Å². The molecule has 1 aliphatic carbocycles. The maximum Gasteiger partial charge on any atom is 0.425 e. The monoisotopic (exact) mass is 349 g/mol. The Labute approximate surface area is 143 Å². The Bertz CT molecular complexity index is 794. The molecule has 0 saturated heterocycles. The summed E-state index contributed by atoms with van der Waals surface area (Å²) in [6.07, 6.45) is 0.738. The predicted octanol–water partition coefficient (Wildman–Crippen LogP) is 4.32. The van der Waals surface area contributed by atoms with Crippen LogP contribution >= 0.6 is 0 Å². The lowest BCUT2D eigenvalue weighted by molar-refractivity contribution is -0.268. The summed E-state index contributed by atoms with van der Waals surface area (Å²) >= 11 is 0. The molecule has 132 valence electrons. The van der Waals surface area contributed by atoms with E-state index >= 15 is 0 Å². The van der Waals surface area contributed by atoms with Gasteiger partial charge >= 0.3 is 6.18 Å². The maximum absolute atomic E-state index is 14.1. The topological polar surface area (TPSA) is 42.1 Å². The molecule has 25 heavy (non-hydrogen) atoms. The van der Waals surface area contributed by atoms with E-state index in [-0.39, 0.29) is 12.5 Å². The number of hydrogen-bond donors (Lipinski definition) is 1. The van der Waals surface area contributed by atoms with Crippen LogP contribution in [0, 0.1) is 5.92 Å². The molecule has 0 bridgehead atoms. The van der Waals surface area contributed by atoms with E-state index in [9.17, 15) is 18.0 Å². The maximum atomic E-state index is 14.1. The number of pyridine rings is 1. The first-order valence-electron chi connectivity index (χ1n) is 8.04. The van der Waals surface area contributed by atoms with Crippen LogP contribution < -0.4 is 5.56 Å². The number of nitrogens with one attached hydrogen (secondary N) is 1. The van der Waals surface area contributed by atoms with E-state index in [1.54, 1.807) is 30.3 Å². The molecule has 0 radical (unpaired) electrons. The van der Waals surface area contributed by atoms with Gasteiger partial charge in [-0.25, -0.2) is 0 Å². The lowest BCUT2D eigenvalue weighted by Gasteiger charge is -2.33. The van der Waals surface area contributed by atoms with E-state index in [1.165, 1.54) is 18.3 Å². The smallest absolute Gasteiger partial charge is 0.352 e. The minimum absolute atomic E-state index is 0.116. The van der Waals surface area contributed by atoms with Crippen molar-refractivity contribution in [2.45, 2.75) is 31.2 Å². The van der Waals surface area contributed by atoms with Crippen LogP contribution in [0.25, 0.3) is 0 Å². The minimum Gasteiger partial charge on any atom is -0.352 e. The van der Waals surface area contributed by atoms with Gasteiger partial charge in [-0.2, -0.15) is 13.2 Å². The number of aromatic nitrogens is 1. The van der Waals surface area contributed by atoms with E-state index in [1.807, 2.05) is 0 Å². The summed E-state index contributed by atoms with van der Waals surface area (Å²) in [5.41, 5.74) is -3.45. The van der Waals surface area contributed by atoms with Crippen LogP contribution in [0.1, 0.15) is 24.0 Å². The van der Waals surface area contributed by atoms with Gasteiger partial charge < -0.3 is 9.72 Å². The van der Waals surface area contributed by atoms with Crippen molar-refractivity contribution in [2.24, 2.45) is 5.92 Å². The number of benzene rings is 1. The van der Waals surface area contributed by atoms with Crippen LogP contribution in [-0.2, 0) is 16.9 Å². The fourth-order valence-electron chi connectivity index (χ4n) is 2.59. The molecule has 1 unspecified atom stereocenters. The third-order valence-electron chi connectivity index (χ3n) is 4.17. The number of aromatic amines is 1. The Morgan fingerprint density at radius 1 is 1.12 bits per heavy atom. The second kappa shape index (κ2) is 6.88. The number of allylic oxidation sites excluding steroid dienone is 1. The molecule has 1 aromatic carbocycles. The molecule has 1 aromatic heterocycles. The summed E-state index contributed by atoms with van der Waals surface area (Å²) in [5.74, 6) is 0.116. The highest BCUT2D eigenvalue weighted by atomic mass is 19.4. The third kappa shape index (κ3) is 3.85. The molecule has 1 aliphatic rings. The van der Waals surface area contributed by atoms with E-state index in [4.69, 9.17) is 4.74 Å². The van der Waals surface area contributed by atoms with E-state index in [2.05, 4.69) is 4.98 Å². The SMILES string of the molecule is O=c1[nH]cccc1C(C=CC1CC1)(OCc1ccccc1)C(F)(F)F. The van der Waals surface area contributed by atoms with Gasteiger partial charge in [0.15, 0.2) is 0 Å². The minimum atomic E-state index is -4.78. The molecule has 1 atom stereocenters. The van der Waals surface area contributed by atoms with Crippen LogP contribution in [-0.4, -0.2) is 11.2 Å². The lowest BCUT2D eigenvalue weighted by atomic mass is 9.92. The van der Waals surface area contributed by atoms with Gasteiger partial charge in [-0.15, -0.1) is 0 Å². The first-order valence-corrected chi connectivity index (χ1v) is 8.04. The molecule has 1 saturated carbocycles. The molecule has 1 heterocycles. The summed E-state index contributed by atoms with van der Waals surface area (Å²) in [4.78, 5) is 14.4. The second-order valence-electron chi connectivity index (χ2n) is 6.12. The zero-order valence-electron chi connectivity index (χ0n) is 13.4. The quantitative estimate of drug-likeness (QED) is 0.790. The fourth-order valence-corrected chi connectivity index (χ4v) is 2.59. The predicted molar refractivity (Wildman–Crippen MR) is 87.9 cm³/mol. The van der Waals surface area contributed by atoms with Crippen molar-refractivity contribution in [2.75, 3.05) is 0 Å². The first kappa shape index (κ1) is 17.5. The molecular formula is C19H18F3NO2. The van der Waals surface area contributed by atoms with Gasteiger partial charge in [-0.3, -0.25) is 4.79 Å². The lowest BCUT2D eigenvalue weighted by Crippen LogP contribution is -2.46. The van der Waals surface area contributed by atoms with Gasteiger partial charge in [0.25, 0.3) is 5.56 Å². The van der Waals surface area contributed by atoms with Crippen LogP contribution in [0.2, 0.25) is 0 Å². The average molecular weight is 349 g/mol. The van der Waals surface area contributed by atoms with Crippen molar-refractivity contribution in [3.05, 3.63) is 82.3 Å². The fraction of sp³-hybridized carbons (Fsp3) is 0.316. The zero-order valence-corrected chi connectivity index (χ0v) is 13.4. The first-order chi connectivity index (χ1) is 11.9. The summed E-state index contributed by atoms with van der Waals surface area (Å²) in [7, 11) is 0.